The highest BCUT2D eigenvalue weighted by molar-refractivity contribution is 6.06. The number of pyridine rings is 1. The highest BCUT2D eigenvalue weighted by Crippen LogP contribution is 2.26. The van der Waals surface area contributed by atoms with Crippen molar-refractivity contribution in [3.8, 4) is 5.75 Å². The molecule has 0 bridgehead atoms. The Kier molecular flexibility index (Phi) is 5.63. The average Bonchev–Trinajstić information content (AvgIpc) is 3.06. The number of carbonyl (C=O) groups is 2. The number of fused-ring (bicyclic) bond motifs is 1. The molecular formula is C21H24N4O3. The molecule has 3 rings (SSSR count). The van der Waals surface area contributed by atoms with Crippen molar-refractivity contribution in [2.45, 2.75) is 20.8 Å². The molecule has 0 atom stereocenters. The van der Waals surface area contributed by atoms with Gasteiger partial charge in [0.25, 0.3) is 11.8 Å². The second-order valence-electron chi connectivity index (χ2n) is 7.00. The van der Waals surface area contributed by atoms with Crippen LogP contribution in [0.4, 0.5) is 5.69 Å². The first-order valence-corrected chi connectivity index (χ1v) is 9.12. The molecule has 0 unspecified atom stereocenters. The molecule has 2 N–H and O–H groups in total. The van der Waals surface area contributed by atoms with Crippen LogP contribution in [0, 0.1) is 12.8 Å². The molecule has 146 valence electrons. The highest BCUT2D eigenvalue weighted by atomic mass is 16.5. The van der Waals surface area contributed by atoms with Crippen molar-refractivity contribution in [1.82, 2.24) is 14.7 Å². The number of hydrogen-bond acceptors (Lipinski definition) is 4. The molecule has 2 amide bonds. The van der Waals surface area contributed by atoms with Gasteiger partial charge in [0, 0.05) is 12.7 Å². The van der Waals surface area contributed by atoms with Crippen molar-refractivity contribution in [1.29, 1.82) is 0 Å². The van der Waals surface area contributed by atoms with E-state index < -0.39 is 5.91 Å². The Morgan fingerprint density at radius 2 is 1.96 bits per heavy atom. The third-order valence-corrected chi connectivity index (χ3v) is 4.24. The maximum atomic E-state index is 12.9. The molecule has 0 fully saturated rings. The summed E-state index contributed by atoms with van der Waals surface area (Å²) in [6.45, 7) is 6.49. The fraction of sp³-hybridized carbons (Fsp3) is 0.286. The normalized spacial score (nSPS) is 10.9. The zero-order valence-corrected chi connectivity index (χ0v) is 16.4. The largest absolute Gasteiger partial charge is 0.495 e. The number of hydrogen-bond donors (Lipinski definition) is 2. The molecule has 0 aliphatic carbocycles. The van der Waals surface area contributed by atoms with E-state index in [2.05, 4.69) is 15.6 Å². The van der Waals surface area contributed by atoms with Crippen LogP contribution in [0.25, 0.3) is 5.52 Å². The van der Waals surface area contributed by atoms with Crippen LogP contribution in [0.2, 0.25) is 0 Å². The maximum absolute atomic E-state index is 12.9. The van der Waals surface area contributed by atoms with E-state index in [4.69, 9.17) is 4.74 Å². The van der Waals surface area contributed by atoms with Crippen LogP contribution in [0.3, 0.4) is 0 Å². The SMILES string of the molecule is COc1ccc(C)cc1NC(=O)c1nc(C(=O)NCC(C)C)c2ccccn12. The lowest BCUT2D eigenvalue weighted by Crippen LogP contribution is -2.27. The number of methoxy groups -OCH3 is 1. The van der Waals surface area contributed by atoms with Gasteiger partial charge in [-0.1, -0.05) is 26.0 Å². The zero-order valence-electron chi connectivity index (χ0n) is 16.4. The number of anilines is 1. The number of imidazole rings is 1. The Morgan fingerprint density at radius 3 is 2.68 bits per heavy atom. The monoisotopic (exact) mass is 380 g/mol. The van der Waals surface area contributed by atoms with Gasteiger partial charge in [0.2, 0.25) is 5.82 Å². The summed E-state index contributed by atoms with van der Waals surface area (Å²) in [5.41, 5.74) is 2.33. The lowest BCUT2D eigenvalue weighted by atomic mass is 10.2. The van der Waals surface area contributed by atoms with Crippen LogP contribution in [0.15, 0.2) is 42.6 Å². The summed E-state index contributed by atoms with van der Waals surface area (Å²) in [5.74, 6) is 0.274. The zero-order chi connectivity index (χ0) is 20.3. The Hall–Kier alpha value is -3.35. The van der Waals surface area contributed by atoms with Gasteiger partial charge in [0.1, 0.15) is 5.75 Å². The van der Waals surface area contributed by atoms with Crippen LogP contribution in [-0.4, -0.2) is 34.9 Å². The van der Waals surface area contributed by atoms with Crippen LogP contribution < -0.4 is 15.4 Å². The van der Waals surface area contributed by atoms with Gasteiger partial charge in [-0.2, -0.15) is 0 Å². The first kappa shape index (κ1) is 19.4. The molecule has 0 radical (unpaired) electrons. The molecule has 7 nitrogen and oxygen atoms in total. The summed E-state index contributed by atoms with van der Waals surface area (Å²) in [4.78, 5) is 29.8. The van der Waals surface area contributed by atoms with Gasteiger partial charge in [-0.05, 0) is 42.7 Å². The predicted molar refractivity (Wildman–Crippen MR) is 108 cm³/mol. The molecule has 3 aromatic rings. The number of rotatable bonds is 6. The molecule has 0 spiro atoms. The number of nitrogens with one attached hydrogen (secondary N) is 2. The van der Waals surface area contributed by atoms with Crippen molar-refractivity contribution >= 4 is 23.0 Å². The number of carbonyl (C=O) groups excluding carboxylic acids is 2. The van der Waals surface area contributed by atoms with E-state index in [1.165, 1.54) is 0 Å². The lowest BCUT2D eigenvalue weighted by molar-refractivity contribution is 0.0946. The lowest BCUT2D eigenvalue weighted by Gasteiger charge is -2.10. The summed E-state index contributed by atoms with van der Waals surface area (Å²) < 4.78 is 6.93. The van der Waals surface area contributed by atoms with Crippen LogP contribution in [0.5, 0.6) is 5.75 Å². The Labute approximate surface area is 163 Å². The maximum Gasteiger partial charge on any atom is 0.292 e. The minimum atomic E-state index is -0.423. The van der Waals surface area contributed by atoms with Crippen LogP contribution in [0.1, 0.15) is 40.5 Å². The molecule has 2 heterocycles. The number of amides is 2. The fourth-order valence-electron chi connectivity index (χ4n) is 2.84. The standard InChI is InChI=1S/C21H24N4O3/c1-13(2)12-22-20(26)18-16-7-5-6-10-25(16)19(24-18)21(27)23-15-11-14(3)8-9-17(15)28-4/h5-11,13H,12H2,1-4H3,(H,22,26)(H,23,27). The third kappa shape index (κ3) is 3.98. The molecule has 1 aromatic carbocycles. The summed E-state index contributed by atoms with van der Waals surface area (Å²) >= 11 is 0. The van der Waals surface area contributed by atoms with Crippen LogP contribution >= 0.6 is 0 Å². The Bertz CT molecular complexity index is 1020. The molecular weight excluding hydrogens is 356 g/mol. The third-order valence-electron chi connectivity index (χ3n) is 4.24. The number of ether oxygens (including phenoxy) is 1. The second kappa shape index (κ2) is 8.12. The Balaban J connectivity index is 1.96. The summed E-state index contributed by atoms with van der Waals surface area (Å²) in [5, 5.41) is 5.69. The van der Waals surface area contributed by atoms with E-state index in [0.717, 1.165) is 5.56 Å². The van der Waals surface area contributed by atoms with Gasteiger partial charge in [0.15, 0.2) is 5.69 Å². The first-order valence-electron chi connectivity index (χ1n) is 9.12. The predicted octanol–water partition coefficient (Wildman–Crippen LogP) is 3.29. The smallest absolute Gasteiger partial charge is 0.292 e. The van der Waals surface area contributed by atoms with E-state index >= 15 is 0 Å². The summed E-state index contributed by atoms with van der Waals surface area (Å²) in [7, 11) is 1.54. The molecule has 7 heteroatoms. The van der Waals surface area contributed by atoms with Crippen LogP contribution in [-0.2, 0) is 0 Å². The molecule has 28 heavy (non-hydrogen) atoms. The van der Waals surface area contributed by atoms with Gasteiger partial charge >= 0.3 is 0 Å². The molecule has 2 aromatic heterocycles. The van der Waals surface area contributed by atoms with E-state index in [0.29, 0.717) is 29.4 Å². The number of aromatic nitrogens is 2. The quantitative estimate of drug-likeness (QED) is 0.687. The minimum Gasteiger partial charge on any atom is -0.495 e. The van der Waals surface area contributed by atoms with Gasteiger partial charge in [-0.3, -0.25) is 14.0 Å². The van der Waals surface area contributed by atoms with Gasteiger partial charge in [-0.15, -0.1) is 0 Å². The van der Waals surface area contributed by atoms with Crippen molar-refractivity contribution in [3.63, 3.8) is 0 Å². The van der Waals surface area contributed by atoms with E-state index in [9.17, 15) is 9.59 Å². The molecule has 0 saturated heterocycles. The van der Waals surface area contributed by atoms with Gasteiger partial charge in [0.05, 0.1) is 18.3 Å². The fourth-order valence-corrected chi connectivity index (χ4v) is 2.84. The Morgan fingerprint density at radius 1 is 1.18 bits per heavy atom. The molecule has 0 aliphatic heterocycles. The molecule has 0 aliphatic rings. The van der Waals surface area contributed by atoms with E-state index in [1.54, 1.807) is 35.9 Å². The summed E-state index contributed by atoms with van der Waals surface area (Å²) in [6.07, 6.45) is 1.71. The van der Waals surface area contributed by atoms with Crippen molar-refractivity contribution in [2.24, 2.45) is 5.92 Å². The second-order valence-corrected chi connectivity index (χ2v) is 7.00. The van der Waals surface area contributed by atoms with Crippen molar-refractivity contribution < 1.29 is 14.3 Å². The first-order chi connectivity index (χ1) is 13.4. The van der Waals surface area contributed by atoms with Gasteiger partial charge in [-0.25, -0.2) is 4.98 Å². The number of benzene rings is 1. The number of aryl methyl sites for hydroxylation is 1. The molecule has 0 saturated carbocycles. The van der Waals surface area contributed by atoms with Gasteiger partial charge < -0.3 is 15.4 Å². The van der Waals surface area contributed by atoms with E-state index in [1.807, 2.05) is 39.0 Å². The topological polar surface area (TPSA) is 84.7 Å². The van der Waals surface area contributed by atoms with Crippen molar-refractivity contribution in [2.75, 3.05) is 19.0 Å². The summed E-state index contributed by atoms with van der Waals surface area (Å²) in [6, 6.07) is 10.9. The van der Waals surface area contributed by atoms with Crippen molar-refractivity contribution in [3.05, 3.63) is 59.7 Å². The highest BCUT2D eigenvalue weighted by Gasteiger charge is 2.22. The average molecular weight is 380 g/mol. The van der Waals surface area contributed by atoms with E-state index in [-0.39, 0.29) is 17.4 Å². The number of nitrogens with zero attached hydrogens (tertiary/aromatic N) is 2. The minimum absolute atomic E-state index is 0.133.